The van der Waals surface area contributed by atoms with E-state index in [1.807, 2.05) is 0 Å². The highest BCUT2D eigenvalue weighted by atomic mass is 35.5. The van der Waals surface area contributed by atoms with E-state index in [1.54, 1.807) is 44.2 Å². The van der Waals surface area contributed by atoms with Crippen LogP contribution < -0.4 is 10.9 Å². The minimum atomic E-state index is -0.633. The zero-order valence-electron chi connectivity index (χ0n) is 15.0. The highest BCUT2D eigenvalue weighted by Gasteiger charge is 2.47. The molecule has 0 fully saturated rings. The third-order valence-electron chi connectivity index (χ3n) is 5.03. The zero-order valence-corrected chi connectivity index (χ0v) is 16.5. The van der Waals surface area contributed by atoms with Gasteiger partial charge in [-0.2, -0.15) is 10.2 Å². The molecule has 2 aromatic rings. The van der Waals surface area contributed by atoms with E-state index in [9.17, 15) is 9.59 Å². The molecule has 4 rings (SSSR count). The predicted molar refractivity (Wildman–Crippen MR) is 106 cm³/mol. The third-order valence-corrected chi connectivity index (χ3v) is 5.77. The Labute approximate surface area is 170 Å². The molecule has 28 heavy (non-hydrogen) atoms. The number of nitrogens with zero attached hydrogens (tertiary/aromatic N) is 2. The Morgan fingerprint density at radius 3 is 2.04 bits per heavy atom. The van der Waals surface area contributed by atoms with Crippen LogP contribution in [0.15, 0.2) is 45.0 Å². The van der Waals surface area contributed by atoms with Gasteiger partial charge in [-0.15, -0.1) is 0 Å². The van der Waals surface area contributed by atoms with Gasteiger partial charge in [0.15, 0.2) is 0 Å². The quantitative estimate of drug-likeness (QED) is 0.793. The number of hydrazone groups is 2. The molecule has 2 aliphatic heterocycles. The lowest BCUT2D eigenvalue weighted by atomic mass is 9.75. The van der Waals surface area contributed by atoms with Crippen molar-refractivity contribution in [3.05, 3.63) is 46.1 Å². The lowest BCUT2D eigenvalue weighted by molar-refractivity contribution is -0.125. The molecule has 0 saturated carbocycles. The molecule has 2 amide bonds. The number of hydrogen-bond donors (Lipinski definition) is 2. The van der Waals surface area contributed by atoms with E-state index in [0.29, 0.717) is 33.0 Å². The lowest BCUT2D eigenvalue weighted by Crippen LogP contribution is -2.38. The molecule has 2 aliphatic rings. The normalized spacial score (nSPS) is 22.6. The highest BCUT2D eigenvalue weighted by molar-refractivity contribution is 6.42. The lowest BCUT2D eigenvalue weighted by Gasteiger charge is -2.24. The second-order valence-electron chi connectivity index (χ2n) is 6.77. The van der Waals surface area contributed by atoms with Crippen molar-refractivity contribution in [1.29, 1.82) is 0 Å². The largest absolute Gasteiger partial charge is 0.461 e. The summed E-state index contributed by atoms with van der Waals surface area (Å²) in [6.45, 7) is 3.50. The van der Waals surface area contributed by atoms with Crippen LogP contribution in [0.2, 0.25) is 10.0 Å². The van der Waals surface area contributed by atoms with E-state index < -0.39 is 17.8 Å². The van der Waals surface area contributed by atoms with Crippen LogP contribution in [0.4, 0.5) is 0 Å². The molecule has 0 radical (unpaired) electrons. The Kier molecular flexibility index (Phi) is 4.72. The summed E-state index contributed by atoms with van der Waals surface area (Å²) in [5, 5.41) is 8.90. The molecule has 0 saturated heterocycles. The molecule has 2 N–H and O–H groups in total. The van der Waals surface area contributed by atoms with Crippen LogP contribution in [-0.4, -0.2) is 23.2 Å². The first-order valence-corrected chi connectivity index (χ1v) is 9.35. The maximum Gasteiger partial charge on any atom is 0.249 e. The maximum atomic E-state index is 12.5. The Morgan fingerprint density at radius 2 is 1.54 bits per heavy atom. The van der Waals surface area contributed by atoms with E-state index in [1.165, 1.54) is 0 Å². The first-order valence-electron chi connectivity index (χ1n) is 8.60. The number of hydrogen-bond acceptors (Lipinski definition) is 5. The van der Waals surface area contributed by atoms with E-state index in [4.69, 9.17) is 27.6 Å². The maximum absolute atomic E-state index is 12.5. The first kappa shape index (κ1) is 18.7. The minimum absolute atomic E-state index is 0.275. The monoisotopic (exact) mass is 418 g/mol. The smallest absolute Gasteiger partial charge is 0.249 e. The van der Waals surface area contributed by atoms with Crippen molar-refractivity contribution >= 4 is 46.4 Å². The Morgan fingerprint density at radius 1 is 0.929 bits per heavy atom. The van der Waals surface area contributed by atoms with Crippen LogP contribution in [0.3, 0.4) is 0 Å². The van der Waals surface area contributed by atoms with Crippen LogP contribution in [0.5, 0.6) is 0 Å². The molecule has 0 spiro atoms. The van der Waals surface area contributed by atoms with Crippen molar-refractivity contribution in [2.75, 3.05) is 0 Å². The van der Waals surface area contributed by atoms with Gasteiger partial charge < -0.3 is 4.42 Å². The van der Waals surface area contributed by atoms with Crippen molar-refractivity contribution in [1.82, 2.24) is 10.9 Å². The SMILES string of the molecule is CC1=NNC(=O)C1C(c1ccc(-c2ccc(Cl)c(Cl)c2)o1)C1C(=O)NN=C1C. The standard InChI is InChI=1S/C19H16Cl2N4O3/c1-8-15(18(26)24-22-8)17(16-9(2)23-25-19(16)27)14-6-5-13(28-14)10-3-4-11(20)12(21)7-10/h3-7,15-17H,1-2H3,(H,24,26)(H,25,27). The van der Waals surface area contributed by atoms with E-state index >= 15 is 0 Å². The first-order chi connectivity index (χ1) is 13.4. The average Bonchev–Trinajstić information content (AvgIpc) is 3.35. The summed E-state index contributed by atoms with van der Waals surface area (Å²) in [7, 11) is 0. The summed E-state index contributed by atoms with van der Waals surface area (Å²) in [6, 6.07) is 8.71. The number of rotatable bonds is 4. The van der Waals surface area contributed by atoms with Gasteiger partial charge in [0.2, 0.25) is 11.8 Å². The fraction of sp³-hybridized carbons (Fsp3) is 0.263. The van der Waals surface area contributed by atoms with E-state index in [0.717, 1.165) is 5.56 Å². The number of carbonyl (C=O) groups is 2. The van der Waals surface area contributed by atoms with Crippen LogP contribution in [0.25, 0.3) is 11.3 Å². The Hall–Kier alpha value is -2.64. The van der Waals surface area contributed by atoms with Crippen molar-refractivity contribution in [3.63, 3.8) is 0 Å². The van der Waals surface area contributed by atoms with Crippen molar-refractivity contribution in [3.8, 4) is 11.3 Å². The Bertz CT molecular complexity index is 1010. The van der Waals surface area contributed by atoms with Crippen molar-refractivity contribution in [2.45, 2.75) is 19.8 Å². The molecular weight excluding hydrogens is 403 g/mol. The number of benzene rings is 1. The highest BCUT2D eigenvalue weighted by Crippen LogP contribution is 2.40. The van der Waals surface area contributed by atoms with Gasteiger partial charge in [-0.25, -0.2) is 10.9 Å². The molecule has 2 atom stereocenters. The molecule has 0 aliphatic carbocycles. The number of carbonyl (C=O) groups excluding carboxylic acids is 2. The predicted octanol–water partition coefficient (Wildman–Crippen LogP) is 3.58. The van der Waals surface area contributed by atoms with Gasteiger partial charge in [-0.05, 0) is 44.2 Å². The van der Waals surface area contributed by atoms with Gasteiger partial charge >= 0.3 is 0 Å². The van der Waals surface area contributed by atoms with Gasteiger partial charge in [-0.3, -0.25) is 9.59 Å². The summed E-state index contributed by atoms with van der Waals surface area (Å²) in [5.41, 5.74) is 6.88. The number of halogens is 2. The van der Waals surface area contributed by atoms with Crippen molar-refractivity contribution in [2.24, 2.45) is 22.0 Å². The molecule has 1 aromatic heterocycles. The third kappa shape index (κ3) is 3.10. The summed E-state index contributed by atoms with van der Waals surface area (Å²) in [6.07, 6.45) is 0. The summed E-state index contributed by atoms with van der Waals surface area (Å²) < 4.78 is 6.07. The number of furan rings is 1. The van der Waals surface area contributed by atoms with Crippen molar-refractivity contribution < 1.29 is 14.0 Å². The fourth-order valence-corrected chi connectivity index (χ4v) is 3.95. The number of nitrogens with one attached hydrogen (secondary N) is 2. The van der Waals surface area contributed by atoms with E-state index in [2.05, 4.69) is 21.1 Å². The second kappa shape index (κ2) is 7.07. The van der Waals surface area contributed by atoms with Crippen LogP contribution in [0.1, 0.15) is 25.5 Å². The summed E-state index contributed by atoms with van der Waals surface area (Å²) in [5.74, 6) is -1.34. The van der Waals surface area contributed by atoms with Gasteiger partial charge in [0.1, 0.15) is 11.5 Å². The molecular formula is C19H16Cl2N4O3. The second-order valence-corrected chi connectivity index (χ2v) is 7.58. The molecule has 3 heterocycles. The fourth-order valence-electron chi connectivity index (χ4n) is 3.65. The van der Waals surface area contributed by atoms with Crippen LogP contribution in [-0.2, 0) is 9.59 Å². The average molecular weight is 419 g/mol. The molecule has 9 heteroatoms. The Balaban J connectivity index is 1.77. The molecule has 1 aromatic carbocycles. The summed E-state index contributed by atoms with van der Waals surface area (Å²) >= 11 is 12.1. The van der Waals surface area contributed by atoms with Gasteiger partial charge in [-0.1, -0.05) is 23.2 Å². The molecule has 144 valence electrons. The van der Waals surface area contributed by atoms with Crippen LogP contribution in [0, 0.1) is 11.8 Å². The number of amides is 2. The van der Waals surface area contributed by atoms with Gasteiger partial charge in [0.25, 0.3) is 0 Å². The summed E-state index contributed by atoms with van der Waals surface area (Å²) in [4.78, 5) is 24.9. The van der Waals surface area contributed by atoms with Gasteiger partial charge in [0, 0.05) is 17.0 Å². The zero-order chi connectivity index (χ0) is 20.0. The van der Waals surface area contributed by atoms with Crippen LogP contribution >= 0.6 is 23.2 Å². The van der Waals surface area contributed by atoms with Gasteiger partial charge in [0.05, 0.1) is 27.8 Å². The molecule has 0 bridgehead atoms. The molecule has 2 unspecified atom stereocenters. The minimum Gasteiger partial charge on any atom is -0.461 e. The van der Waals surface area contributed by atoms with E-state index in [-0.39, 0.29) is 11.8 Å². The topological polar surface area (TPSA) is 96.1 Å². The molecule has 7 nitrogen and oxygen atoms in total.